The molecule has 3 aromatic rings. The van der Waals surface area contributed by atoms with E-state index in [-0.39, 0.29) is 36.6 Å². The number of ether oxygens (including phenoxy) is 1. The normalized spacial score (nSPS) is 17.4. The van der Waals surface area contributed by atoms with Crippen LogP contribution in [0.5, 0.6) is 5.75 Å². The van der Waals surface area contributed by atoms with E-state index >= 15 is 0 Å². The lowest BCUT2D eigenvalue weighted by molar-refractivity contribution is 0.0371. The van der Waals surface area contributed by atoms with Gasteiger partial charge in [-0.05, 0) is 51.1 Å². The summed E-state index contributed by atoms with van der Waals surface area (Å²) in [5, 5.41) is 22.0. The lowest BCUT2D eigenvalue weighted by Gasteiger charge is -2.38. The molecule has 1 aromatic heterocycles. The van der Waals surface area contributed by atoms with Crippen LogP contribution in [0.3, 0.4) is 0 Å². The molecule has 41 heavy (non-hydrogen) atoms. The van der Waals surface area contributed by atoms with Crippen molar-refractivity contribution in [2.45, 2.75) is 39.8 Å². The summed E-state index contributed by atoms with van der Waals surface area (Å²) in [6.07, 6.45) is -0.469. The molecule has 0 spiro atoms. The number of carbonyl (C=O) groups excluding carboxylic acids is 3. The molecule has 2 aromatic carbocycles. The Morgan fingerprint density at radius 1 is 1.12 bits per heavy atom. The number of benzene rings is 2. The molecule has 4 N–H and O–H groups in total. The van der Waals surface area contributed by atoms with Crippen LogP contribution in [0.2, 0.25) is 0 Å². The number of rotatable bonds is 7. The SMILES string of the molecule is Cc1noc(C)c1NC(=O)Nc1ccc2c(c1)C(=O)N([C@@H](C)CO)C[C@H](C)[C@@H](CN(C)C(=O)Nc1ccccc1)O2. The van der Waals surface area contributed by atoms with Crippen molar-refractivity contribution in [2.75, 3.05) is 42.7 Å². The Morgan fingerprint density at radius 3 is 2.51 bits per heavy atom. The van der Waals surface area contributed by atoms with E-state index < -0.39 is 18.2 Å². The van der Waals surface area contributed by atoms with E-state index in [1.807, 2.05) is 25.1 Å². The fourth-order valence-corrected chi connectivity index (χ4v) is 4.55. The van der Waals surface area contributed by atoms with E-state index in [4.69, 9.17) is 9.26 Å². The summed E-state index contributed by atoms with van der Waals surface area (Å²) in [4.78, 5) is 42.4. The Morgan fingerprint density at radius 2 is 1.85 bits per heavy atom. The number of fused-ring (bicyclic) bond motifs is 1. The molecule has 12 nitrogen and oxygen atoms in total. The van der Waals surface area contributed by atoms with Gasteiger partial charge in [-0.25, -0.2) is 9.59 Å². The summed E-state index contributed by atoms with van der Waals surface area (Å²) in [6, 6.07) is 12.7. The molecule has 3 atom stereocenters. The third-order valence-electron chi connectivity index (χ3n) is 7.02. The highest BCUT2D eigenvalue weighted by Crippen LogP contribution is 2.31. The van der Waals surface area contributed by atoms with Crippen molar-refractivity contribution in [1.82, 2.24) is 15.0 Å². The third-order valence-corrected chi connectivity index (χ3v) is 7.02. The Kier molecular flexibility index (Phi) is 9.13. The standard InChI is InChI=1S/C29H36N6O6/c1-17-14-35(18(2)16-36)27(37)23-13-22(30-28(38)32-26-19(3)33-41-20(26)4)11-12-24(23)40-25(17)15-34(5)29(39)31-21-9-7-6-8-10-21/h6-13,17-18,25,36H,14-16H2,1-5H3,(H,31,39)(H2,30,32,38)/t17-,18-,25+/m0/s1. The second kappa shape index (κ2) is 12.7. The number of carbonyl (C=O) groups is 3. The van der Waals surface area contributed by atoms with Gasteiger partial charge in [0.1, 0.15) is 23.2 Å². The van der Waals surface area contributed by atoms with Crippen molar-refractivity contribution in [3.05, 3.63) is 65.5 Å². The lowest BCUT2D eigenvalue weighted by Crippen LogP contribution is -2.50. The zero-order valence-corrected chi connectivity index (χ0v) is 23.8. The van der Waals surface area contributed by atoms with E-state index in [1.165, 1.54) is 4.90 Å². The van der Waals surface area contributed by atoms with Gasteiger partial charge in [0.2, 0.25) is 0 Å². The minimum Gasteiger partial charge on any atom is -0.487 e. The van der Waals surface area contributed by atoms with Crippen LogP contribution >= 0.6 is 0 Å². The summed E-state index contributed by atoms with van der Waals surface area (Å²) in [6.45, 7) is 7.42. The van der Waals surface area contributed by atoms with E-state index in [2.05, 4.69) is 21.1 Å². The largest absolute Gasteiger partial charge is 0.487 e. The van der Waals surface area contributed by atoms with Gasteiger partial charge in [-0.15, -0.1) is 0 Å². The Balaban J connectivity index is 1.56. The molecule has 0 saturated carbocycles. The first kappa shape index (κ1) is 29.4. The lowest BCUT2D eigenvalue weighted by atomic mass is 9.99. The van der Waals surface area contributed by atoms with Crippen LogP contribution in [0.15, 0.2) is 53.1 Å². The molecule has 0 aliphatic carbocycles. The van der Waals surface area contributed by atoms with Gasteiger partial charge in [-0.3, -0.25) is 4.79 Å². The molecular weight excluding hydrogens is 528 g/mol. The highest BCUT2D eigenvalue weighted by molar-refractivity contribution is 6.03. The minimum absolute atomic E-state index is 0.174. The van der Waals surface area contributed by atoms with Gasteiger partial charge in [0.15, 0.2) is 5.76 Å². The number of nitrogens with zero attached hydrogens (tertiary/aromatic N) is 3. The summed E-state index contributed by atoms with van der Waals surface area (Å²) < 4.78 is 11.4. The number of hydrogen-bond acceptors (Lipinski definition) is 7. The maximum absolute atomic E-state index is 13.7. The zero-order chi connectivity index (χ0) is 29.7. The van der Waals surface area contributed by atoms with Crippen LogP contribution in [0.25, 0.3) is 0 Å². The molecule has 1 aliphatic heterocycles. The molecule has 0 bridgehead atoms. The first-order valence-corrected chi connectivity index (χ1v) is 13.4. The summed E-state index contributed by atoms with van der Waals surface area (Å²) in [7, 11) is 1.68. The summed E-state index contributed by atoms with van der Waals surface area (Å²) in [5.74, 6) is 0.273. The number of amides is 5. The number of likely N-dealkylation sites (N-methyl/N-ethyl adjacent to an activating group) is 1. The molecule has 0 unspecified atom stereocenters. The second-order valence-electron chi connectivity index (χ2n) is 10.3. The van der Waals surface area contributed by atoms with E-state index in [0.717, 1.165) is 0 Å². The number of urea groups is 2. The Bertz CT molecular complexity index is 1370. The number of aliphatic hydroxyl groups is 1. The average Bonchev–Trinajstić information content (AvgIpc) is 3.27. The van der Waals surface area contributed by atoms with E-state index in [1.54, 1.807) is 63.1 Å². The van der Waals surface area contributed by atoms with Crippen LogP contribution in [0.1, 0.15) is 35.7 Å². The molecule has 4 rings (SSSR count). The van der Waals surface area contributed by atoms with Gasteiger partial charge in [0.05, 0.1) is 24.8 Å². The van der Waals surface area contributed by atoms with Gasteiger partial charge in [-0.2, -0.15) is 0 Å². The number of nitrogens with one attached hydrogen (secondary N) is 3. The number of anilines is 3. The number of aliphatic hydroxyl groups excluding tert-OH is 1. The molecule has 1 aliphatic rings. The van der Waals surface area contributed by atoms with Gasteiger partial charge in [0, 0.05) is 30.9 Å². The number of aryl methyl sites for hydroxylation is 2. The van der Waals surface area contributed by atoms with Crippen molar-refractivity contribution in [3.63, 3.8) is 0 Å². The predicted octanol–water partition coefficient (Wildman–Crippen LogP) is 4.32. The van der Waals surface area contributed by atoms with Crippen LogP contribution in [-0.2, 0) is 0 Å². The predicted molar refractivity (Wildman–Crippen MR) is 154 cm³/mol. The number of para-hydroxylation sites is 1. The first-order chi connectivity index (χ1) is 19.6. The van der Waals surface area contributed by atoms with Gasteiger partial charge in [0.25, 0.3) is 5.91 Å². The van der Waals surface area contributed by atoms with Crippen molar-refractivity contribution in [2.24, 2.45) is 5.92 Å². The number of hydrogen-bond donors (Lipinski definition) is 4. The molecule has 0 saturated heterocycles. The average molecular weight is 565 g/mol. The van der Waals surface area contributed by atoms with Crippen molar-refractivity contribution >= 4 is 35.0 Å². The summed E-state index contributed by atoms with van der Waals surface area (Å²) in [5.41, 5.74) is 2.28. The zero-order valence-electron chi connectivity index (χ0n) is 23.8. The van der Waals surface area contributed by atoms with Gasteiger partial charge >= 0.3 is 12.1 Å². The minimum atomic E-state index is -0.531. The van der Waals surface area contributed by atoms with Crippen molar-refractivity contribution < 1.29 is 28.8 Å². The van der Waals surface area contributed by atoms with Crippen LogP contribution in [0.4, 0.5) is 26.7 Å². The topological polar surface area (TPSA) is 149 Å². The van der Waals surface area contributed by atoms with Crippen molar-refractivity contribution in [1.29, 1.82) is 0 Å². The smallest absolute Gasteiger partial charge is 0.323 e. The number of aromatic nitrogens is 1. The quantitative estimate of drug-likeness (QED) is 0.334. The maximum atomic E-state index is 13.7. The van der Waals surface area contributed by atoms with Crippen LogP contribution in [-0.4, -0.2) is 76.9 Å². The second-order valence-corrected chi connectivity index (χ2v) is 10.3. The maximum Gasteiger partial charge on any atom is 0.323 e. The third kappa shape index (κ3) is 6.95. The molecule has 218 valence electrons. The molecule has 2 heterocycles. The summed E-state index contributed by atoms with van der Waals surface area (Å²) >= 11 is 0. The van der Waals surface area contributed by atoms with Crippen LogP contribution < -0.4 is 20.7 Å². The van der Waals surface area contributed by atoms with E-state index in [0.29, 0.717) is 40.8 Å². The monoisotopic (exact) mass is 564 g/mol. The molecule has 0 radical (unpaired) electrons. The molecular formula is C29H36N6O6. The molecule has 0 fully saturated rings. The molecule has 5 amide bonds. The van der Waals surface area contributed by atoms with Gasteiger partial charge < -0.3 is 40.1 Å². The Hall–Kier alpha value is -4.58. The van der Waals surface area contributed by atoms with E-state index in [9.17, 15) is 19.5 Å². The van der Waals surface area contributed by atoms with Crippen LogP contribution in [0, 0.1) is 19.8 Å². The Labute approximate surface area is 238 Å². The fourth-order valence-electron chi connectivity index (χ4n) is 4.55. The van der Waals surface area contributed by atoms with Crippen molar-refractivity contribution in [3.8, 4) is 5.75 Å². The first-order valence-electron chi connectivity index (χ1n) is 13.4. The molecule has 12 heteroatoms. The highest BCUT2D eigenvalue weighted by Gasteiger charge is 2.34. The highest BCUT2D eigenvalue weighted by atomic mass is 16.5. The van der Waals surface area contributed by atoms with Gasteiger partial charge in [-0.1, -0.05) is 30.3 Å². The fraction of sp³-hybridized carbons (Fsp3) is 0.379.